The number of ether oxygens (including phenoxy) is 1. The van der Waals surface area contributed by atoms with E-state index in [1.54, 1.807) is 6.20 Å². The number of nitrogens with zero attached hydrogens (tertiary/aromatic N) is 4. The van der Waals surface area contributed by atoms with Crippen LogP contribution in [0.5, 0.6) is 0 Å². The third-order valence-electron chi connectivity index (χ3n) is 4.00. The van der Waals surface area contributed by atoms with E-state index < -0.39 is 0 Å². The molecule has 116 valence electrons. The lowest BCUT2D eigenvalue weighted by molar-refractivity contribution is 0.0249. The molecule has 1 fully saturated rings. The van der Waals surface area contributed by atoms with Gasteiger partial charge in [-0.3, -0.25) is 9.97 Å². The monoisotopic (exact) mass is 298 g/mol. The highest BCUT2D eigenvalue weighted by molar-refractivity contribution is 5.43. The van der Waals surface area contributed by atoms with Crippen LogP contribution in [0.3, 0.4) is 0 Å². The zero-order valence-corrected chi connectivity index (χ0v) is 13.2. The molecule has 1 aliphatic heterocycles. The van der Waals surface area contributed by atoms with E-state index in [0.29, 0.717) is 12.7 Å². The minimum Gasteiger partial charge on any atom is -0.373 e. The van der Waals surface area contributed by atoms with Crippen molar-refractivity contribution in [1.82, 2.24) is 15.0 Å². The lowest BCUT2D eigenvalue weighted by Gasteiger charge is -2.33. The maximum atomic E-state index is 6.00. The largest absolute Gasteiger partial charge is 0.373 e. The van der Waals surface area contributed by atoms with Gasteiger partial charge in [-0.2, -0.15) is 0 Å². The summed E-state index contributed by atoms with van der Waals surface area (Å²) >= 11 is 0. The number of aryl methyl sites for hydroxylation is 2. The maximum absolute atomic E-state index is 6.00. The summed E-state index contributed by atoms with van der Waals surface area (Å²) in [6.07, 6.45) is 7.83. The van der Waals surface area contributed by atoms with E-state index in [4.69, 9.17) is 4.74 Å². The van der Waals surface area contributed by atoms with Crippen molar-refractivity contribution in [3.05, 3.63) is 47.7 Å². The van der Waals surface area contributed by atoms with Gasteiger partial charge < -0.3 is 9.64 Å². The molecular formula is C17H22N4O. The highest BCUT2D eigenvalue weighted by atomic mass is 16.5. The molecule has 0 spiro atoms. The van der Waals surface area contributed by atoms with Crippen LogP contribution in [0.1, 0.15) is 29.8 Å². The van der Waals surface area contributed by atoms with E-state index in [1.165, 1.54) is 0 Å². The van der Waals surface area contributed by atoms with Crippen LogP contribution in [0.2, 0.25) is 0 Å². The molecule has 0 aliphatic carbocycles. The summed E-state index contributed by atoms with van der Waals surface area (Å²) in [7, 11) is 0. The molecule has 0 unspecified atom stereocenters. The number of hydrogen-bond acceptors (Lipinski definition) is 5. The molecule has 1 aliphatic rings. The number of rotatable bonds is 4. The first kappa shape index (κ1) is 14.9. The summed E-state index contributed by atoms with van der Waals surface area (Å²) in [6.45, 7) is 6.58. The fraction of sp³-hybridized carbons (Fsp3) is 0.471. The smallest absolute Gasteiger partial charge is 0.150 e. The quantitative estimate of drug-likeness (QED) is 0.868. The number of aromatic nitrogens is 3. The van der Waals surface area contributed by atoms with Gasteiger partial charge in [-0.15, -0.1) is 0 Å². The van der Waals surface area contributed by atoms with Crippen LogP contribution in [-0.2, 0) is 11.3 Å². The molecule has 0 atom stereocenters. The number of piperidine rings is 1. The molecule has 0 aromatic carbocycles. The standard InChI is InChI=1S/C17H22N4O/c1-13-10-19-14(2)17(20-13)21-8-5-16(6-9-21)22-12-15-4-3-7-18-11-15/h3-4,7,10-11,16H,5-6,8-9,12H2,1-2H3. The summed E-state index contributed by atoms with van der Waals surface area (Å²) in [6, 6.07) is 3.99. The van der Waals surface area contributed by atoms with Crippen LogP contribution in [0.25, 0.3) is 0 Å². The number of hydrogen-bond donors (Lipinski definition) is 0. The maximum Gasteiger partial charge on any atom is 0.150 e. The van der Waals surface area contributed by atoms with Crippen molar-refractivity contribution in [2.75, 3.05) is 18.0 Å². The summed E-state index contributed by atoms with van der Waals surface area (Å²) in [5.74, 6) is 1.02. The van der Waals surface area contributed by atoms with Crippen molar-refractivity contribution >= 4 is 5.82 Å². The van der Waals surface area contributed by atoms with Crippen LogP contribution in [0.15, 0.2) is 30.7 Å². The van der Waals surface area contributed by atoms with Crippen molar-refractivity contribution in [2.45, 2.75) is 39.4 Å². The second-order valence-electron chi connectivity index (χ2n) is 5.78. The average Bonchev–Trinajstić information content (AvgIpc) is 2.57. The Morgan fingerprint density at radius 3 is 2.77 bits per heavy atom. The molecule has 0 saturated carbocycles. The van der Waals surface area contributed by atoms with Crippen molar-refractivity contribution < 1.29 is 4.74 Å². The minimum absolute atomic E-state index is 0.314. The summed E-state index contributed by atoms with van der Waals surface area (Å²) < 4.78 is 6.00. The van der Waals surface area contributed by atoms with E-state index >= 15 is 0 Å². The average molecular weight is 298 g/mol. The van der Waals surface area contributed by atoms with Crippen molar-refractivity contribution in [3.8, 4) is 0 Å². The van der Waals surface area contributed by atoms with Crippen LogP contribution in [-0.4, -0.2) is 34.1 Å². The van der Waals surface area contributed by atoms with Gasteiger partial charge in [0, 0.05) is 31.7 Å². The van der Waals surface area contributed by atoms with Crippen LogP contribution in [0.4, 0.5) is 5.82 Å². The topological polar surface area (TPSA) is 51.1 Å². The van der Waals surface area contributed by atoms with Gasteiger partial charge in [0.15, 0.2) is 0 Å². The summed E-state index contributed by atoms with van der Waals surface area (Å²) in [4.78, 5) is 15.5. The SMILES string of the molecule is Cc1cnc(C)c(N2CCC(OCc3cccnc3)CC2)n1. The molecule has 3 rings (SSSR count). The summed E-state index contributed by atoms with van der Waals surface area (Å²) in [5, 5.41) is 0. The van der Waals surface area contributed by atoms with E-state index in [1.807, 2.05) is 38.4 Å². The third-order valence-corrected chi connectivity index (χ3v) is 4.00. The van der Waals surface area contributed by atoms with Crippen LogP contribution in [0, 0.1) is 13.8 Å². The molecule has 0 N–H and O–H groups in total. The molecule has 0 bridgehead atoms. The number of pyridine rings is 1. The first-order valence-corrected chi connectivity index (χ1v) is 7.78. The van der Waals surface area contributed by atoms with Crippen molar-refractivity contribution in [3.63, 3.8) is 0 Å². The second kappa shape index (κ2) is 6.83. The van der Waals surface area contributed by atoms with E-state index in [-0.39, 0.29) is 0 Å². The molecular weight excluding hydrogens is 276 g/mol. The van der Waals surface area contributed by atoms with Gasteiger partial charge in [0.2, 0.25) is 0 Å². The predicted molar refractivity (Wildman–Crippen MR) is 85.8 cm³/mol. The lowest BCUT2D eigenvalue weighted by atomic mass is 10.1. The Morgan fingerprint density at radius 1 is 1.23 bits per heavy atom. The summed E-state index contributed by atoms with van der Waals surface area (Å²) in [5.41, 5.74) is 3.10. The van der Waals surface area contributed by atoms with E-state index in [0.717, 1.165) is 48.7 Å². The minimum atomic E-state index is 0.314. The first-order chi connectivity index (χ1) is 10.7. The lowest BCUT2D eigenvalue weighted by Crippen LogP contribution is -2.38. The predicted octanol–water partition coefficient (Wildman–Crippen LogP) is 2.67. The van der Waals surface area contributed by atoms with Crippen molar-refractivity contribution in [1.29, 1.82) is 0 Å². The molecule has 2 aromatic heterocycles. The molecule has 0 amide bonds. The number of anilines is 1. The van der Waals surface area contributed by atoms with Gasteiger partial charge in [-0.25, -0.2) is 4.98 Å². The third kappa shape index (κ3) is 3.60. The van der Waals surface area contributed by atoms with Gasteiger partial charge in [-0.05, 0) is 38.3 Å². The zero-order valence-electron chi connectivity index (χ0n) is 13.2. The van der Waals surface area contributed by atoms with E-state index in [2.05, 4.69) is 19.9 Å². The van der Waals surface area contributed by atoms with Crippen molar-refractivity contribution in [2.24, 2.45) is 0 Å². The molecule has 1 saturated heterocycles. The van der Waals surface area contributed by atoms with Gasteiger partial charge in [0.25, 0.3) is 0 Å². The second-order valence-corrected chi connectivity index (χ2v) is 5.78. The molecule has 5 heteroatoms. The highest BCUT2D eigenvalue weighted by Crippen LogP contribution is 2.22. The Bertz CT molecular complexity index is 609. The first-order valence-electron chi connectivity index (χ1n) is 7.78. The van der Waals surface area contributed by atoms with Crippen LogP contribution < -0.4 is 4.90 Å². The Balaban J connectivity index is 1.53. The normalized spacial score (nSPS) is 16.0. The zero-order chi connectivity index (χ0) is 15.4. The molecule has 22 heavy (non-hydrogen) atoms. The van der Waals surface area contributed by atoms with Crippen LogP contribution >= 0.6 is 0 Å². The molecule has 0 radical (unpaired) electrons. The van der Waals surface area contributed by atoms with Gasteiger partial charge >= 0.3 is 0 Å². The molecule has 3 heterocycles. The Hall–Kier alpha value is -2.01. The Kier molecular flexibility index (Phi) is 4.63. The highest BCUT2D eigenvalue weighted by Gasteiger charge is 2.22. The van der Waals surface area contributed by atoms with Gasteiger partial charge in [-0.1, -0.05) is 6.07 Å². The Labute approximate surface area is 131 Å². The molecule has 5 nitrogen and oxygen atoms in total. The van der Waals surface area contributed by atoms with Gasteiger partial charge in [0.05, 0.1) is 24.1 Å². The fourth-order valence-corrected chi connectivity index (χ4v) is 2.76. The van der Waals surface area contributed by atoms with Gasteiger partial charge in [0.1, 0.15) is 5.82 Å². The molecule has 2 aromatic rings. The fourth-order valence-electron chi connectivity index (χ4n) is 2.76. The van der Waals surface area contributed by atoms with E-state index in [9.17, 15) is 0 Å². The Morgan fingerprint density at radius 2 is 2.05 bits per heavy atom.